The number of rotatable bonds is 5. The number of carboxylic acids is 1. The molecule has 2 saturated carbocycles. The minimum absolute atomic E-state index is 0.0543. The Bertz CT molecular complexity index is 383. The lowest BCUT2D eigenvalue weighted by atomic mass is 9.83. The van der Waals surface area contributed by atoms with Crippen molar-refractivity contribution in [2.45, 2.75) is 65.3 Å². The molecule has 2 atom stereocenters. The van der Waals surface area contributed by atoms with Crippen LogP contribution in [0.25, 0.3) is 0 Å². The average molecular weight is 281 g/mol. The van der Waals surface area contributed by atoms with E-state index in [0.29, 0.717) is 0 Å². The van der Waals surface area contributed by atoms with Crippen LogP contribution in [0.1, 0.15) is 59.3 Å². The molecular formula is C16H27NO3. The van der Waals surface area contributed by atoms with Crippen LogP contribution in [0.15, 0.2) is 0 Å². The van der Waals surface area contributed by atoms with E-state index in [-0.39, 0.29) is 17.9 Å². The highest BCUT2D eigenvalue weighted by atomic mass is 16.4. The molecule has 20 heavy (non-hydrogen) atoms. The SMILES string of the molecule is CCCC1CCC(NC(=O)[C@H]2[C@@H](C(=O)O)C2(C)C)CC1. The first-order valence-electron chi connectivity index (χ1n) is 7.91. The number of carboxylic acid groups (broad SMARTS) is 1. The van der Waals surface area contributed by atoms with Crippen molar-refractivity contribution >= 4 is 11.9 Å². The summed E-state index contributed by atoms with van der Waals surface area (Å²) in [6, 6.07) is 0.251. The second-order valence-corrected chi connectivity index (χ2v) is 7.13. The third kappa shape index (κ3) is 2.99. The fourth-order valence-electron chi connectivity index (χ4n) is 3.88. The molecule has 2 aliphatic rings. The maximum absolute atomic E-state index is 12.2. The Morgan fingerprint density at radius 1 is 1.15 bits per heavy atom. The first kappa shape index (κ1) is 15.3. The Hall–Kier alpha value is -1.06. The summed E-state index contributed by atoms with van der Waals surface area (Å²) in [5.41, 5.74) is -0.394. The first-order valence-corrected chi connectivity index (χ1v) is 7.91. The van der Waals surface area contributed by atoms with E-state index in [4.69, 9.17) is 5.11 Å². The van der Waals surface area contributed by atoms with Gasteiger partial charge in [-0.15, -0.1) is 0 Å². The highest BCUT2D eigenvalue weighted by Crippen LogP contribution is 2.58. The van der Waals surface area contributed by atoms with E-state index >= 15 is 0 Å². The van der Waals surface area contributed by atoms with Gasteiger partial charge in [0.05, 0.1) is 11.8 Å². The summed E-state index contributed by atoms with van der Waals surface area (Å²) in [7, 11) is 0. The van der Waals surface area contributed by atoms with Crippen LogP contribution >= 0.6 is 0 Å². The Kier molecular flexibility index (Phi) is 4.40. The van der Waals surface area contributed by atoms with Crippen molar-refractivity contribution < 1.29 is 14.7 Å². The number of hydrogen-bond acceptors (Lipinski definition) is 2. The molecule has 1 amide bonds. The summed E-state index contributed by atoms with van der Waals surface area (Å²) in [6.07, 6.45) is 6.99. The van der Waals surface area contributed by atoms with E-state index in [0.717, 1.165) is 18.8 Å². The Morgan fingerprint density at radius 3 is 2.20 bits per heavy atom. The first-order chi connectivity index (χ1) is 9.37. The molecular weight excluding hydrogens is 254 g/mol. The number of hydrogen-bond donors (Lipinski definition) is 2. The number of amides is 1. The molecule has 2 fully saturated rings. The van der Waals surface area contributed by atoms with E-state index in [1.807, 2.05) is 13.8 Å². The highest BCUT2D eigenvalue weighted by molar-refractivity contribution is 5.91. The molecule has 0 bridgehead atoms. The highest BCUT2D eigenvalue weighted by Gasteiger charge is 2.65. The van der Waals surface area contributed by atoms with Crippen molar-refractivity contribution in [2.24, 2.45) is 23.2 Å². The summed E-state index contributed by atoms with van der Waals surface area (Å²) < 4.78 is 0. The molecule has 2 rings (SSSR count). The van der Waals surface area contributed by atoms with Gasteiger partial charge in [0.1, 0.15) is 0 Å². The van der Waals surface area contributed by atoms with E-state index in [1.54, 1.807) is 0 Å². The third-order valence-electron chi connectivity index (χ3n) is 5.27. The molecule has 4 nitrogen and oxygen atoms in total. The Morgan fingerprint density at radius 2 is 1.75 bits per heavy atom. The molecule has 0 aliphatic heterocycles. The minimum atomic E-state index is -0.846. The molecule has 0 saturated heterocycles. The number of carbonyl (C=O) groups is 2. The molecule has 0 spiro atoms. The summed E-state index contributed by atoms with van der Waals surface area (Å²) in [6.45, 7) is 5.96. The largest absolute Gasteiger partial charge is 0.481 e. The molecule has 4 heteroatoms. The van der Waals surface area contributed by atoms with Crippen molar-refractivity contribution in [1.29, 1.82) is 0 Å². The molecule has 0 unspecified atom stereocenters. The Labute approximate surface area is 121 Å². The topological polar surface area (TPSA) is 66.4 Å². The van der Waals surface area contributed by atoms with Crippen molar-refractivity contribution in [2.75, 3.05) is 0 Å². The smallest absolute Gasteiger partial charge is 0.307 e. The maximum atomic E-state index is 12.2. The molecule has 114 valence electrons. The van der Waals surface area contributed by atoms with Crippen molar-refractivity contribution in [3.63, 3.8) is 0 Å². The van der Waals surface area contributed by atoms with Crippen LogP contribution in [0.4, 0.5) is 0 Å². The normalized spacial score (nSPS) is 35.4. The standard InChI is InChI=1S/C16H27NO3/c1-4-5-10-6-8-11(9-7-10)17-14(18)12-13(15(19)20)16(12,2)3/h10-13H,4-9H2,1-3H3,(H,17,18)(H,19,20)/t10?,11?,12-,13+/m1/s1. The predicted octanol–water partition coefficient (Wildman–Crippen LogP) is 2.82. The molecule has 2 aliphatic carbocycles. The van der Waals surface area contributed by atoms with Gasteiger partial charge in [-0.05, 0) is 37.0 Å². The molecule has 0 radical (unpaired) electrons. The lowest BCUT2D eigenvalue weighted by Gasteiger charge is -2.29. The lowest BCUT2D eigenvalue weighted by Crippen LogP contribution is -2.39. The maximum Gasteiger partial charge on any atom is 0.307 e. The second kappa shape index (κ2) is 5.74. The molecule has 0 aromatic heterocycles. The monoisotopic (exact) mass is 281 g/mol. The summed E-state index contributed by atoms with van der Waals surface area (Å²) >= 11 is 0. The van der Waals surface area contributed by atoms with E-state index in [2.05, 4.69) is 12.2 Å². The minimum Gasteiger partial charge on any atom is -0.481 e. The zero-order valence-corrected chi connectivity index (χ0v) is 12.8. The van der Waals surface area contributed by atoms with Crippen LogP contribution in [-0.4, -0.2) is 23.0 Å². The van der Waals surface area contributed by atoms with Crippen molar-refractivity contribution in [3.05, 3.63) is 0 Å². The zero-order chi connectivity index (χ0) is 14.9. The number of aliphatic carboxylic acids is 1. The van der Waals surface area contributed by atoms with E-state index in [9.17, 15) is 9.59 Å². The van der Waals surface area contributed by atoms with Crippen molar-refractivity contribution in [1.82, 2.24) is 5.32 Å². The van der Waals surface area contributed by atoms with Crippen LogP contribution in [0.5, 0.6) is 0 Å². The van der Waals surface area contributed by atoms with Crippen LogP contribution in [0.2, 0.25) is 0 Å². The van der Waals surface area contributed by atoms with Crippen LogP contribution in [0.3, 0.4) is 0 Å². The zero-order valence-electron chi connectivity index (χ0n) is 12.8. The van der Waals surface area contributed by atoms with Gasteiger partial charge in [-0.1, -0.05) is 33.6 Å². The van der Waals surface area contributed by atoms with Gasteiger partial charge in [0.15, 0.2) is 0 Å². The molecule has 2 N–H and O–H groups in total. The van der Waals surface area contributed by atoms with E-state index in [1.165, 1.54) is 25.7 Å². The van der Waals surface area contributed by atoms with Gasteiger partial charge >= 0.3 is 5.97 Å². The molecule has 0 aromatic rings. The van der Waals surface area contributed by atoms with Gasteiger partial charge in [0.2, 0.25) is 5.91 Å². The summed E-state index contributed by atoms with van der Waals surface area (Å²) in [5.74, 6) is -0.951. The van der Waals surface area contributed by atoms with E-state index < -0.39 is 17.3 Å². The van der Waals surface area contributed by atoms with Crippen molar-refractivity contribution in [3.8, 4) is 0 Å². The average Bonchev–Trinajstić information content (AvgIpc) is 2.95. The Balaban J connectivity index is 1.81. The fourth-order valence-corrected chi connectivity index (χ4v) is 3.88. The van der Waals surface area contributed by atoms with Gasteiger partial charge in [-0.3, -0.25) is 9.59 Å². The number of nitrogens with one attached hydrogen (secondary N) is 1. The van der Waals surface area contributed by atoms with Gasteiger partial charge in [-0.2, -0.15) is 0 Å². The van der Waals surface area contributed by atoms with Gasteiger partial charge in [0, 0.05) is 6.04 Å². The molecule has 0 aromatic carbocycles. The molecule has 0 heterocycles. The summed E-state index contributed by atoms with van der Waals surface area (Å²) in [4.78, 5) is 23.4. The quantitative estimate of drug-likeness (QED) is 0.814. The second-order valence-electron chi connectivity index (χ2n) is 7.13. The third-order valence-corrected chi connectivity index (χ3v) is 5.27. The van der Waals surface area contributed by atoms with Crippen LogP contribution < -0.4 is 5.32 Å². The fraction of sp³-hybridized carbons (Fsp3) is 0.875. The van der Waals surface area contributed by atoms with Crippen LogP contribution in [-0.2, 0) is 9.59 Å². The van der Waals surface area contributed by atoms with Gasteiger partial charge in [0.25, 0.3) is 0 Å². The van der Waals surface area contributed by atoms with Crippen LogP contribution in [0, 0.1) is 23.2 Å². The lowest BCUT2D eigenvalue weighted by molar-refractivity contribution is -0.140. The van der Waals surface area contributed by atoms with Gasteiger partial charge < -0.3 is 10.4 Å². The predicted molar refractivity (Wildman–Crippen MR) is 77.2 cm³/mol. The van der Waals surface area contributed by atoms with Gasteiger partial charge in [-0.25, -0.2) is 0 Å². The summed E-state index contributed by atoms with van der Waals surface area (Å²) in [5, 5.41) is 12.2. The number of carbonyl (C=O) groups excluding carboxylic acids is 1.